The van der Waals surface area contributed by atoms with Crippen LogP contribution >= 0.6 is 0 Å². The summed E-state index contributed by atoms with van der Waals surface area (Å²) in [4.78, 5) is 14.4. The summed E-state index contributed by atoms with van der Waals surface area (Å²) in [7, 11) is 1.63. The number of allylic oxidation sites excluding steroid dienone is 2. The van der Waals surface area contributed by atoms with Crippen LogP contribution in [-0.4, -0.2) is 31.1 Å². The molecule has 1 aromatic rings. The van der Waals surface area contributed by atoms with Crippen molar-refractivity contribution in [2.45, 2.75) is 26.8 Å². The van der Waals surface area contributed by atoms with Crippen LogP contribution in [0.1, 0.15) is 31.4 Å². The van der Waals surface area contributed by atoms with Gasteiger partial charge in [-0.1, -0.05) is 31.2 Å². The van der Waals surface area contributed by atoms with Crippen molar-refractivity contribution in [3.05, 3.63) is 47.5 Å². The zero-order chi connectivity index (χ0) is 16.4. The highest BCUT2D eigenvalue weighted by molar-refractivity contribution is 5.78. The fraction of sp³-hybridized carbons (Fsp3) is 0.444. The minimum atomic E-state index is -0.0496. The van der Waals surface area contributed by atoms with Gasteiger partial charge in [-0.15, -0.1) is 0 Å². The van der Waals surface area contributed by atoms with Gasteiger partial charge in [0.25, 0.3) is 0 Å². The van der Waals surface area contributed by atoms with Crippen molar-refractivity contribution in [2.24, 2.45) is 5.92 Å². The van der Waals surface area contributed by atoms with Crippen molar-refractivity contribution < 1.29 is 9.53 Å². The second-order valence-electron chi connectivity index (χ2n) is 5.27. The first kappa shape index (κ1) is 17.9. The Hall–Kier alpha value is -2.12. The van der Waals surface area contributed by atoms with E-state index < -0.39 is 0 Å². The summed E-state index contributed by atoms with van der Waals surface area (Å²) in [5.74, 6) is 0.0750. The molecule has 4 heteroatoms. The van der Waals surface area contributed by atoms with E-state index in [9.17, 15) is 4.79 Å². The molecule has 0 heterocycles. The molecule has 118 valence electrons. The van der Waals surface area contributed by atoms with E-state index in [1.807, 2.05) is 43.0 Å². The van der Waals surface area contributed by atoms with Crippen LogP contribution in [0.15, 0.2) is 36.4 Å². The number of ether oxygens (including phenoxy) is 1. The molecular weight excluding hydrogens is 276 g/mol. The molecule has 0 spiro atoms. The van der Waals surface area contributed by atoms with Crippen LogP contribution in [0.2, 0.25) is 0 Å². The zero-order valence-corrected chi connectivity index (χ0v) is 13.6. The highest BCUT2D eigenvalue weighted by Gasteiger charge is 2.19. The first-order valence-corrected chi connectivity index (χ1v) is 7.50. The first-order chi connectivity index (χ1) is 10.6. The van der Waals surface area contributed by atoms with E-state index in [0.717, 1.165) is 12.0 Å². The number of amides is 1. The molecule has 0 aromatic heterocycles. The van der Waals surface area contributed by atoms with Crippen molar-refractivity contribution in [3.8, 4) is 6.07 Å². The van der Waals surface area contributed by atoms with E-state index in [1.54, 1.807) is 19.2 Å². The van der Waals surface area contributed by atoms with Gasteiger partial charge in [-0.05, 0) is 31.0 Å². The lowest BCUT2D eigenvalue weighted by molar-refractivity contribution is -0.136. The molecule has 0 N–H and O–H groups in total. The number of nitrogens with zero attached hydrogens (tertiary/aromatic N) is 2. The van der Waals surface area contributed by atoms with E-state index in [2.05, 4.69) is 6.07 Å². The maximum absolute atomic E-state index is 12.6. The Balaban J connectivity index is 2.78. The Bertz CT molecular complexity index is 529. The minimum absolute atomic E-state index is 0.0496. The lowest BCUT2D eigenvalue weighted by Gasteiger charge is -2.25. The Kier molecular flexibility index (Phi) is 7.95. The van der Waals surface area contributed by atoms with E-state index >= 15 is 0 Å². The van der Waals surface area contributed by atoms with Crippen molar-refractivity contribution in [3.63, 3.8) is 0 Å². The molecule has 0 fully saturated rings. The van der Waals surface area contributed by atoms with Gasteiger partial charge >= 0.3 is 0 Å². The summed E-state index contributed by atoms with van der Waals surface area (Å²) in [6.07, 6.45) is 4.72. The third-order valence-electron chi connectivity index (χ3n) is 3.48. The monoisotopic (exact) mass is 300 g/mol. The SMILES string of the molecule is C/C=C/CC(C)C(=O)N(CCOC)Cc1ccc(C#N)cc1. The summed E-state index contributed by atoms with van der Waals surface area (Å²) in [5, 5.41) is 8.83. The van der Waals surface area contributed by atoms with Crippen LogP contribution < -0.4 is 0 Å². The fourth-order valence-electron chi connectivity index (χ4n) is 2.13. The average molecular weight is 300 g/mol. The Morgan fingerprint density at radius 3 is 2.64 bits per heavy atom. The second kappa shape index (κ2) is 9.75. The van der Waals surface area contributed by atoms with Gasteiger partial charge in [-0.2, -0.15) is 5.26 Å². The molecule has 4 nitrogen and oxygen atoms in total. The lowest BCUT2D eigenvalue weighted by atomic mass is 10.0. The number of hydrogen-bond donors (Lipinski definition) is 0. The number of carbonyl (C=O) groups is 1. The largest absolute Gasteiger partial charge is 0.383 e. The molecule has 1 rings (SSSR count). The normalized spacial score (nSPS) is 12.1. The predicted molar refractivity (Wildman–Crippen MR) is 87.0 cm³/mol. The maximum Gasteiger partial charge on any atom is 0.226 e. The highest BCUT2D eigenvalue weighted by Crippen LogP contribution is 2.13. The topological polar surface area (TPSA) is 53.3 Å². The van der Waals surface area contributed by atoms with Crippen LogP contribution in [0.25, 0.3) is 0 Å². The van der Waals surface area contributed by atoms with Crippen molar-refractivity contribution in [1.29, 1.82) is 5.26 Å². The fourth-order valence-corrected chi connectivity index (χ4v) is 2.13. The van der Waals surface area contributed by atoms with E-state index in [1.165, 1.54) is 0 Å². The molecule has 0 radical (unpaired) electrons. The third-order valence-corrected chi connectivity index (χ3v) is 3.48. The maximum atomic E-state index is 12.6. The molecule has 1 atom stereocenters. The average Bonchev–Trinajstić information content (AvgIpc) is 2.56. The third kappa shape index (κ3) is 5.71. The number of hydrogen-bond acceptors (Lipinski definition) is 3. The summed E-state index contributed by atoms with van der Waals surface area (Å²) < 4.78 is 5.11. The molecular formula is C18H24N2O2. The summed E-state index contributed by atoms with van der Waals surface area (Å²) in [5.41, 5.74) is 1.64. The molecule has 0 aliphatic heterocycles. The van der Waals surface area contributed by atoms with Gasteiger partial charge < -0.3 is 9.64 Å². The molecule has 1 unspecified atom stereocenters. The summed E-state index contributed by atoms with van der Waals surface area (Å²) in [6, 6.07) is 9.43. The number of rotatable bonds is 8. The van der Waals surface area contributed by atoms with Gasteiger partial charge in [-0.3, -0.25) is 4.79 Å². The Morgan fingerprint density at radius 2 is 2.09 bits per heavy atom. The van der Waals surface area contributed by atoms with Crippen LogP contribution in [-0.2, 0) is 16.1 Å². The van der Waals surface area contributed by atoms with Crippen molar-refractivity contribution in [1.82, 2.24) is 4.90 Å². The Morgan fingerprint density at radius 1 is 1.41 bits per heavy atom. The first-order valence-electron chi connectivity index (χ1n) is 7.50. The molecule has 0 aliphatic rings. The standard InChI is InChI=1S/C18H24N2O2/c1-4-5-6-15(2)18(21)20(11-12-22-3)14-17-9-7-16(13-19)8-10-17/h4-5,7-10,15H,6,11-12,14H2,1-3H3/b5-4+. The van der Waals surface area contributed by atoms with Crippen LogP contribution in [0.5, 0.6) is 0 Å². The molecule has 0 bridgehead atoms. The smallest absolute Gasteiger partial charge is 0.226 e. The van der Waals surface area contributed by atoms with Crippen molar-refractivity contribution in [2.75, 3.05) is 20.3 Å². The molecule has 0 saturated heterocycles. The highest BCUT2D eigenvalue weighted by atomic mass is 16.5. The molecule has 0 aliphatic carbocycles. The van der Waals surface area contributed by atoms with Crippen LogP contribution in [0.3, 0.4) is 0 Å². The van der Waals surface area contributed by atoms with E-state index in [4.69, 9.17) is 10.00 Å². The lowest BCUT2D eigenvalue weighted by Crippen LogP contribution is -2.37. The van der Waals surface area contributed by atoms with Gasteiger partial charge in [0.1, 0.15) is 0 Å². The minimum Gasteiger partial charge on any atom is -0.383 e. The number of benzene rings is 1. The van der Waals surface area contributed by atoms with E-state index in [0.29, 0.717) is 25.3 Å². The Labute approximate surface area is 133 Å². The summed E-state index contributed by atoms with van der Waals surface area (Å²) in [6.45, 7) is 5.51. The van der Waals surface area contributed by atoms with Gasteiger partial charge in [-0.25, -0.2) is 0 Å². The predicted octanol–water partition coefficient (Wildman–Crippen LogP) is 3.14. The molecule has 0 saturated carbocycles. The van der Waals surface area contributed by atoms with Gasteiger partial charge in [0, 0.05) is 26.1 Å². The molecule has 22 heavy (non-hydrogen) atoms. The molecule has 1 aromatic carbocycles. The van der Waals surface area contributed by atoms with Gasteiger partial charge in [0.05, 0.1) is 18.2 Å². The van der Waals surface area contributed by atoms with Crippen molar-refractivity contribution >= 4 is 5.91 Å². The second-order valence-corrected chi connectivity index (χ2v) is 5.27. The van der Waals surface area contributed by atoms with Crippen LogP contribution in [0, 0.1) is 17.2 Å². The zero-order valence-electron chi connectivity index (χ0n) is 13.6. The number of nitriles is 1. The summed E-state index contributed by atoms with van der Waals surface area (Å²) >= 11 is 0. The van der Waals surface area contributed by atoms with Gasteiger partial charge in [0.2, 0.25) is 5.91 Å². The number of carbonyl (C=O) groups excluding carboxylic acids is 1. The number of methoxy groups -OCH3 is 1. The quantitative estimate of drug-likeness (QED) is 0.693. The van der Waals surface area contributed by atoms with Gasteiger partial charge in [0.15, 0.2) is 0 Å². The van der Waals surface area contributed by atoms with Crippen LogP contribution in [0.4, 0.5) is 0 Å². The molecule has 1 amide bonds. The van der Waals surface area contributed by atoms with E-state index in [-0.39, 0.29) is 11.8 Å².